The Bertz CT molecular complexity index is 198. The maximum Gasteiger partial charge on any atom is 0.198 e. The Kier molecular flexibility index (Phi) is 0.886. The molecule has 1 N–H and O–H groups in total. The Hall–Kier alpha value is -1.12. The van der Waals surface area contributed by atoms with Crippen LogP contribution in [0.25, 0.3) is 0 Å². The predicted octanol–water partition coefficient (Wildman–Crippen LogP) is 0.245. The molecular formula is C6H6N3. The first-order chi connectivity index (χ1) is 4.47. The van der Waals surface area contributed by atoms with Crippen LogP contribution in [0.3, 0.4) is 0 Å². The zero-order valence-electron chi connectivity index (χ0n) is 4.89. The predicted molar refractivity (Wildman–Crippen MR) is 33.1 cm³/mol. The third-order valence-electron chi connectivity index (χ3n) is 1.42. The highest BCUT2D eigenvalue weighted by molar-refractivity contribution is 5.49. The minimum absolute atomic E-state index is 0.988. The Balaban J connectivity index is 2.54. The molecule has 0 saturated carbocycles. The lowest BCUT2D eigenvalue weighted by atomic mass is 10.3. The second kappa shape index (κ2) is 1.69. The summed E-state index contributed by atoms with van der Waals surface area (Å²) in [6.07, 6.45) is 5.32. The van der Waals surface area contributed by atoms with Gasteiger partial charge in [-0.25, -0.2) is 9.97 Å². The maximum atomic E-state index is 3.96. The number of nitrogens with one attached hydrogen (secondary N) is 1. The fourth-order valence-electron chi connectivity index (χ4n) is 0.971. The molecule has 9 heavy (non-hydrogen) atoms. The van der Waals surface area contributed by atoms with Gasteiger partial charge in [0.25, 0.3) is 0 Å². The van der Waals surface area contributed by atoms with Gasteiger partial charge in [0.15, 0.2) is 6.33 Å². The Labute approximate surface area is 53.1 Å². The molecule has 0 atom stereocenters. The van der Waals surface area contributed by atoms with Crippen LogP contribution in [0, 0.1) is 6.33 Å². The molecule has 0 amide bonds. The fraction of sp³-hybridized carbons (Fsp3) is 0.333. The molecule has 1 aliphatic heterocycles. The van der Waals surface area contributed by atoms with E-state index < -0.39 is 0 Å². The van der Waals surface area contributed by atoms with E-state index in [0.717, 1.165) is 24.3 Å². The average molecular weight is 120 g/mol. The Morgan fingerprint density at radius 1 is 1.67 bits per heavy atom. The molecule has 3 heteroatoms. The number of aromatic nitrogens is 2. The molecule has 0 unspecified atom stereocenters. The van der Waals surface area contributed by atoms with Crippen LogP contribution in [-0.2, 0) is 6.42 Å². The van der Waals surface area contributed by atoms with Crippen molar-refractivity contribution in [3.8, 4) is 0 Å². The van der Waals surface area contributed by atoms with E-state index in [-0.39, 0.29) is 0 Å². The van der Waals surface area contributed by atoms with Gasteiger partial charge in [-0.05, 0) is 0 Å². The number of anilines is 1. The molecule has 45 valence electrons. The summed E-state index contributed by atoms with van der Waals surface area (Å²) in [4.78, 5) is 7.72. The first-order valence-corrected chi connectivity index (χ1v) is 2.92. The van der Waals surface area contributed by atoms with Crippen LogP contribution in [0.5, 0.6) is 0 Å². The van der Waals surface area contributed by atoms with Crippen molar-refractivity contribution in [3.05, 3.63) is 18.2 Å². The lowest BCUT2D eigenvalue weighted by Gasteiger charge is -1.92. The largest absolute Gasteiger partial charge is 0.382 e. The van der Waals surface area contributed by atoms with Gasteiger partial charge in [-0.2, -0.15) is 0 Å². The number of hydrogen-bond acceptors (Lipinski definition) is 3. The van der Waals surface area contributed by atoms with Crippen molar-refractivity contribution in [1.82, 2.24) is 9.97 Å². The van der Waals surface area contributed by atoms with Crippen LogP contribution >= 0.6 is 0 Å². The molecule has 1 aliphatic rings. The molecule has 0 saturated heterocycles. The summed E-state index contributed by atoms with van der Waals surface area (Å²) in [6.45, 7) is 0.988. The SMILES string of the molecule is [c]1ncc2c(n1)CCN2. The first kappa shape index (κ1) is 4.73. The number of rotatable bonds is 0. The van der Waals surface area contributed by atoms with Gasteiger partial charge >= 0.3 is 0 Å². The van der Waals surface area contributed by atoms with Gasteiger partial charge in [-0.1, -0.05) is 0 Å². The second-order valence-corrected chi connectivity index (χ2v) is 2.01. The highest BCUT2D eigenvalue weighted by Gasteiger charge is 2.08. The first-order valence-electron chi connectivity index (χ1n) is 2.92. The smallest absolute Gasteiger partial charge is 0.198 e. The highest BCUT2D eigenvalue weighted by Crippen LogP contribution is 2.15. The van der Waals surface area contributed by atoms with Crippen LogP contribution in [0.4, 0.5) is 5.69 Å². The third-order valence-corrected chi connectivity index (χ3v) is 1.42. The monoisotopic (exact) mass is 120 g/mol. The van der Waals surface area contributed by atoms with Gasteiger partial charge in [-0.3, -0.25) is 0 Å². The maximum absolute atomic E-state index is 3.96. The highest BCUT2D eigenvalue weighted by atomic mass is 15.0. The fourth-order valence-corrected chi connectivity index (χ4v) is 0.971. The van der Waals surface area contributed by atoms with Gasteiger partial charge in [0.2, 0.25) is 0 Å². The Morgan fingerprint density at radius 2 is 2.67 bits per heavy atom. The molecule has 0 fully saturated rings. The zero-order chi connectivity index (χ0) is 6.10. The summed E-state index contributed by atoms with van der Waals surface area (Å²) >= 11 is 0. The van der Waals surface area contributed by atoms with Gasteiger partial charge in [0.05, 0.1) is 17.6 Å². The molecule has 3 nitrogen and oxygen atoms in total. The van der Waals surface area contributed by atoms with Crippen molar-refractivity contribution in [2.45, 2.75) is 6.42 Å². The van der Waals surface area contributed by atoms with Crippen molar-refractivity contribution in [2.24, 2.45) is 0 Å². The van der Waals surface area contributed by atoms with Crippen LogP contribution in [0.1, 0.15) is 5.69 Å². The van der Waals surface area contributed by atoms with E-state index in [1.54, 1.807) is 6.20 Å². The van der Waals surface area contributed by atoms with Crippen LogP contribution in [0.2, 0.25) is 0 Å². The molecular weight excluding hydrogens is 114 g/mol. The van der Waals surface area contributed by atoms with E-state index in [1.165, 1.54) is 0 Å². The third kappa shape index (κ3) is 0.650. The van der Waals surface area contributed by atoms with Crippen LogP contribution < -0.4 is 5.32 Å². The summed E-state index contributed by atoms with van der Waals surface area (Å²) in [5.74, 6) is 0. The summed E-state index contributed by atoms with van der Waals surface area (Å²) in [5, 5.41) is 3.16. The van der Waals surface area contributed by atoms with E-state index in [1.807, 2.05) is 0 Å². The lowest BCUT2D eigenvalue weighted by Crippen LogP contribution is -1.90. The van der Waals surface area contributed by atoms with E-state index in [0.29, 0.717) is 0 Å². The van der Waals surface area contributed by atoms with E-state index in [4.69, 9.17) is 0 Å². The molecule has 0 spiro atoms. The molecule has 1 aromatic heterocycles. The molecule has 2 heterocycles. The summed E-state index contributed by atoms with van der Waals surface area (Å²) in [7, 11) is 0. The molecule has 0 bridgehead atoms. The number of fused-ring (bicyclic) bond motifs is 1. The van der Waals surface area contributed by atoms with Gasteiger partial charge < -0.3 is 5.32 Å². The van der Waals surface area contributed by atoms with Crippen molar-refractivity contribution in [1.29, 1.82) is 0 Å². The molecule has 2 rings (SSSR count). The van der Waals surface area contributed by atoms with Gasteiger partial charge in [-0.15, -0.1) is 0 Å². The minimum Gasteiger partial charge on any atom is -0.382 e. The molecule has 0 aliphatic carbocycles. The van der Waals surface area contributed by atoms with Gasteiger partial charge in [0.1, 0.15) is 0 Å². The minimum atomic E-state index is 0.988. The van der Waals surface area contributed by atoms with Crippen LogP contribution in [-0.4, -0.2) is 16.5 Å². The van der Waals surface area contributed by atoms with E-state index in [2.05, 4.69) is 21.6 Å². The van der Waals surface area contributed by atoms with Crippen LogP contribution in [0.15, 0.2) is 6.20 Å². The topological polar surface area (TPSA) is 37.8 Å². The van der Waals surface area contributed by atoms with Crippen molar-refractivity contribution < 1.29 is 0 Å². The molecule has 1 aromatic rings. The standard InChI is InChI=1S/C6H6N3/c1-2-8-6-3-7-4-9-5(1)6/h3,8H,1-2H2. The lowest BCUT2D eigenvalue weighted by molar-refractivity contribution is 1.02. The Morgan fingerprint density at radius 3 is 3.56 bits per heavy atom. The van der Waals surface area contributed by atoms with Crippen molar-refractivity contribution in [2.75, 3.05) is 11.9 Å². The molecule has 0 aromatic carbocycles. The average Bonchev–Trinajstić information content (AvgIpc) is 2.33. The quantitative estimate of drug-likeness (QED) is 0.533. The summed E-state index contributed by atoms with van der Waals surface area (Å²) in [6, 6.07) is 0. The van der Waals surface area contributed by atoms with E-state index >= 15 is 0 Å². The van der Waals surface area contributed by atoms with Gasteiger partial charge in [0, 0.05) is 13.0 Å². The van der Waals surface area contributed by atoms with Crippen molar-refractivity contribution in [3.63, 3.8) is 0 Å². The normalized spacial score (nSPS) is 14.7. The summed E-state index contributed by atoms with van der Waals surface area (Å²) in [5.41, 5.74) is 2.15. The molecule has 1 radical (unpaired) electrons. The zero-order valence-corrected chi connectivity index (χ0v) is 4.89. The number of nitrogens with zero attached hydrogens (tertiary/aromatic N) is 2. The second-order valence-electron chi connectivity index (χ2n) is 2.01. The number of hydrogen-bond donors (Lipinski definition) is 1. The van der Waals surface area contributed by atoms with Crippen molar-refractivity contribution >= 4 is 5.69 Å². The summed E-state index contributed by atoms with van der Waals surface area (Å²) < 4.78 is 0. The van der Waals surface area contributed by atoms with E-state index in [9.17, 15) is 0 Å².